The van der Waals surface area contributed by atoms with Gasteiger partial charge >= 0.3 is 0 Å². The van der Waals surface area contributed by atoms with E-state index < -0.39 is 0 Å². The first-order valence-corrected chi connectivity index (χ1v) is 8.65. The van der Waals surface area contributed by atoms with E-state index in [4.69, 9.17) is 0 Å². The predicted octanol–water partition coefficient (Wildman–Crippen LogP) is 2.67. The van der Waals surface area contributed by atoms with Gasteiger partial charge in [-0.3, -0.25) is 4.90 Å². The number of nitrogens with one attached hydrogen (secondary N) is 2. The van der Waals surface area contributed by atoms with E-state index in [-0.39, 0.29) is 5.82 Å². The van der Waals surface area contributed by atoms with Gasteiger partial charge in [-0.2, -0.15) is 0 Å². The third-order valence-electron chi connectivity index (χ3n) is 4.16. The van der Waals surface area contributed by atoms with Crippen LogP contribution in [0.3, 0.4) is 0 Å². The fourth-order valence-electron chi connectivity index (χ4n) is 2.60. The van der Waals surface area contributed by atoms with Gasteiger partial charge in [-0.05, 0) is 50.4 Å². The van der Waals surface area contributed by atoms with Crippen LogP contribution in [0.2, 0.25) is 0 Å². The molecule has 1 fully saturated rings. The second kappa shape index (κ2) is 8.87. The standard InChI is InChI=1S/C18H29FN4/c1-4-20-18(21-10-11-23(5-2)16-8-9-16)22-13-15-7-6-14(3)17(19)12-15/h6-7,12,16H,4-5,8-11,13H2,1-3H3,(H2,20,21,22). The number of guanidine groups is 1. The van der Waals surface area contributed by atoms with E-state index in [1.54, 1.807) is 19.1 Å². The van der Waals surface area contributed by atoms with Crippen molar-refractivity contribution in [3.05, 3.63) is 35.1 Å². The van der Waals surface area contributed by atoms with E-state index in [2.05, 4.69) is 27.4 Å². The molecule has 0 radical (unpaired) electrons. The van der Waals surface area contributed by atoms with Crippen LogP contribution in [0.1, 0.15) is 37.8 Å². The number of hydrogen-bond acceptors (Lipinski definition) is 2. The summed E-state index contributed by atoms with van der Waals surface area (Å²) in [6, 6.07) is 6.08. The van der Waals surface area contributed by atoms with Crippen molar-refractivity contribution >= 4 is 5.96 Å². The molecule has 0 unspecified atom stereocenters. The molecule has 5 heteroatoms. The molecule has 2 rings (SSSR count). The molecule has 0 aliphatic heterocycles. The second-order valence-corrected chi connectivity index (χ2v) is 6.07. The first-order chi connectivity index (χ1) is 11.1. The van der Waals surface area contributed by atoms with Crippen LogP contribution < -0.4 is 10.6 Å². The molecule has 1 aromatic carbocycles. The number of benzene rings is 1. The van der Waals surface area contributed by atoms with Gasteiger partial charge in [0.2, 0.25) is 0 Å². The maximum Gasteiger partial charge on any atom is 0.191 e. The minimum absolute atomic E-state index is 0.168. The van der Waals surface area contributed by atoms with E-state index in [0.29, 0.717) is 12.1 Å². The zero-order valence-electron chi connectivity index (χ0n) is 14.5. The number of halogens is 1. The lowest BCUT2D eigenvalue weighted by Gasteiger charge is -2.20. The van der Waals surface area contributed by atoms with Crippen LogP contribution in [0.5, 0.6) is 0 Å². The van der Waals surface area contributed by atoms with E-state index in [9.17, 15) is 4.39 Å². The van der Waals surface area contributed by atoms with Gasteiger partial charge < -0.3 is 10.6 Å². The molecule has 0 amide bonds. The summed E-state index contributed by atoms with van der Waals surface area (Å²) in [5, 5.41) is 6.61. The van der Waals surface area contributed by atoms with Crippen molar-refractivity contribution in [2.45, 2.75) is 46.2 Å². The van der Waals surface area contributed by atoms with Crippen molar-refractivity contribution < 1.29 is 4.39 Å². The average Bonchev–Trinajstić information content (AvgIpc) is 3.37. The lowest BCUT2D eigenvalue weighted by atomic mass is 10.1. The van der Waals surface area contributed by atoms with Crippen LogP contribution in [0.4, 0.5) is 4.39 Å². The largest absolute Gasteiger partial charge is 0.357 e. The Morgan fingerprint density at radius 1 is 1.30 bits per heavy atom. The Kier molecular flexibility index (Phi) is 6.84. The monoisotopic (exact) mass is 320 g/mol. The first-order valence-electron chi connectivity index (χ1n) is 8.65. The summed E-state index contributed by atoms with van der Waals surface area (Å²) < 4.78 is 13.6. The molecule has 0 spiro atoms. The lowest BCUT2D eigenvalue weighted by molar-refractivity contribution is 0.282. The average molecular weight is 320 g/mol. The van der Waals surface area contributed by atoms with Crippen LogP contribution in [-0.2, 0) is 6.54 Å². The number of hydrogen-bond donors (Lipinski definition) is 2. The summed E-state index contributed by atoms with van der Waals surface area (Å²) in [7, 11) is 0. The summed E-state index contributed by atoms with van der Waals surface area (Å²) in [6.45, 7) is 10.3. The highest BCUT2D eigenvalue weighted by molar-refractivity contribution is 5.79. The molecule has 1 saturated carbocycles. The molecule has 1 aliphatic rings. The smallest absolute Gasteiger partial charge is 0.191 e. The van der Waals surface area contributed by atoms with Gasteiger partial charge in [0.1, 0.15) is 5.82 Å². The molecular weight excluding hydrogens is 291 g/mol. The molecule has 0 atom stereocenters. The van der Waals surface area contributed by atoms with Crippen LogP contribution in [-0.4, -0.2) is 43.1 Å². The minimum atomic E-state index is -0.168. The van der Waals surface area contributed by atoms with Crippen LogP contribution in [0.15, 0.2) is 23.2 Å². The summed E-state index contributed by atoms with van der Waals surface area (Å²) in [5.41, 5.74) is 1.56. The predicted molar refractivity (Wildman–Crippen MR) is 94.2 cm³/mol. The molecule has 0 aromatic heterocycles. The number of aryl methyl sites for hydroxylation is 1. The number of nitrogens with zero attached hydrogens (tertiary/aromatic N) is 2. The Labute approximate surface area is 139 Å². The zero-order valence-corrected chi connectivity index (χ0v) is 14.5. The number of likely N-dealkylation sites (N-methyl/N-ethyl adjacent to an activating group) is 1. The highest BCUT2D eigenvalue weighted by Crippen LogP contribution is 2.25. The van der Waals surface area contributed by atoms with Crippen molar-refractivity contribution in [3.8, 4) is 0 Å². The maximum absolute atomic E-state index is 13.6. The molecule has 0 bridgehead atoms. The third kappa shape index (κ3) is 5.82. The molecule has 2 N–H and O–H groups in total. The topological polar surface area (TPSA) is 39.7 Å². The number of rotatable bonds is 8. The van der Waals surface area contributed by atoms with Crippen molar-refractivity contribution in [2.24, 2.45) is 4.99 Å². The zero-order chi connectivity index (χ0) is 16.7. The van der Waals surface area contributed by atoms with Gasteiger partial charge in [0.25, 0.3) is 0 Å². The molecule has 128 valence electrons. The van der Waals surface area contributed by atoms with E-state index in [1.165, 1.54) is 12.8 Å². The SMILES string of the molecule is CCNC(=NCc1ccc(C)c(F)c1)NCCN(CC)C1CC1. The number of aliphatic imine (C=N–C) groups is 1. The Bertz CT molecular complexity index is 526. The molecule has 0 heterocycles. The minimum Gasteiger partial charge on any atom is -0.357 e. The highest BCUT2D eigenvalue weighted by Gasteiger charge is 2.27. The van der Waals surface area contributed by atoms with Crippen molar-refractivity contribution in [1.29, 1.82) is 0 Å². The molecular formula is C18H29FN4. The van der Waals surface area contributed by atoms with Gasteiger partial charge in [0.15, 0.2) is 5.96 Å². The molecule has 4 nitrogen and oxygen atoms in total. The fraction of sp³-hybridized carbons (Fsp3) is 0.611. The highest BCUT2D eigenvalue weighted by atomic mass is 19.1. The first kappa shape index (κ1) is 17.7. The summed E-state index contributed by atoms with van der Waals surface area (Å²) in [5.74, 6) is 0.624. The normalized spacial score (nSPS) is 15.1. The van der Waals surface area contributed by atoms with Crippen molar-refractivity contribution in [2.75, 3.05) is 26.2 Å². The second-order valence-electron chi connectivity index (χ2n) is 6.07. The quantitative estimate of drug-likeness (QED) is 0.571. The van der Waals surface area contributed by atoms with Crippen LogP contribution in [0, 0.1) is 12.7 Å². The Hall–Kier alpha value is -1.62. The van der Waals surface area contributed by atoms with Gasteiger partial charge in [-0.25, -0.2) is 9.38 Å². The fourth-order valence-corrected chi connectivity index (χ4v) is 2.60. The molecule has 0 saturated heterocycles. The summed E-state index contributed by atoms with van der Waals surface area (Å²) in [4.78, 5) is 7.05. The molecule has 1 aliphatic carbocycles. The van der Waals surface area contributed by atoms with Crippen molar-refractivity contribution in [3.63, 3.8) is 0 Å². The Morgan fingerprint density at radius 2 is 2.09 bits per heavy atom. The van der Waals surface area contributed by atoms with E-state index in [1.807, 2.05) is 13.0 Å². The Balaban J connectivity index is 1.84. The summed E-state index contributed by atoms with van der Waals surface area (Å²) >= 11 is 0. The summed E-state index contributed by atoms with van der Waals surface area (Å²) in [6.07, 6.45) is 2.67. The Morgan fingerprint density at radius 3 is 2.70 bits per heavy atom. The maximum atomic E-state index is 13.6. The van der Waals surface area contributed by atoms with Gasteiger partial charge in [-0.15, -0.1) is 0 Å². The van der Waals surface area contributed by atoms with Gasteiger partial charge in [0.05, 0.1) is 6.54 Å². The van der Waals surface area contributed by atoms with Gasteiger partial charge in [-0.1, -0.05) is 19.1 Å². The van der Waals surface area contributed by atoms with E-state index >= 15 is 0 Å². The third-order valence-corrected chi connectivity index (χ3v) is 4.16. The van der Waals surface area contributed by atoms with E-state index in [0.717, 1.165) is 43.7 Å². The molecule has 1 aromatic rings. The lowest BCUT2D eigenvalue weighted by Crippen LogP contribution is -2.42. The molecule has 23 heavy (non-hydrogen) atoms. The van der Waals surface area contributed by atoms with Crippen molar-refractivity contribution in [1.82, 2.24) is 15.5 Å². The van der Waals surface area contributed by atoms with Gasteiger partial charge in [0, 0.05) is 25.7 Å². The van der Waals surface area contributed by atoms with Crippen LogP contribution in [0.25, 0.3) is 0 Å². The van der Waals surface area contributed by atoms with Crippen LogP contribution >= 0.6 is 0 Å².